The third-order valence-electron chi connectivity index (χ3n) is 8.39. The van der Waals surface area contributed by atoms with Gasteiger partial charge in [0.1, 0.15) is 12.1 Å². The SMILES string of the molecule is O=C(Nc1ncnc2c1CCN(S(=O)(=O)Cc1cc(Cl)cc(Cl)c1)C2)C12CC3CC(CC(C3)C1)C2. The van der Waals surface area contributed by atoms with Crippen molar-refractivity contribution >= 4 is 45.0 Å². The van der Waals surface area contributed by atoms with E-state index in [9.17, 15) is 13.2 Å². The molecule has 4 bridgehead atoms. The fraction of sp³-hybridized carbons (Fsp3) is 0.560. The molecule has 5 aliphatic rings. The maximum Gasteiger partial charge on any atom is 0.231 e. The van der Waals surface area contributed by atoms with Crippen LogP contribution in [0.1, 0.15) is 55.3 Å². The Hall–Kier alpha value is -1.74. The van der Waals surface area contributed by atoms with Crippen molar-refractivity contribution in [1.29, 1.82) is 0 Å². The number of benzene rings is 1. The predicted octanol–water partition coefficient (Wildman–Crippen LogP) is 4.83. The van der Waals surface area contributed by atoms with Gasteiger partial charge in [-0.05, 0) is 86.5 Å². The molecule has 0 atom stereocenters. The first-order valence-corrected chi connectivity index (χ1v) is 14.6. The maximum absolute atomic E-state index is 13.5. The van der Waals surface area contributed by atoms with Crippen LogP contribution >= 0.6 is 23.2 Å². The van der Waals surface area contributed by atoms with E-state index >= 15 is 0 Å². The van der Waals surface area contributed by atoms with Gasteiger partial charge in [0.05, 0.1) is 23.4 Å². The van der Waals surface area contributed by atoms with Crippen LogP contribution in [-0.2, 0) is 33.5 Å². The lowest BCUT2D eigenvalue weighted by atomic mass is 9.49. The van der Waals surface area contributed by atoms with Crippen molar-refractivity contribution in [3.8, 4) is 0 Å². The summed E-state index contributed by atoms with van der Waals surface area (Å²) in [6.45, 7) is 0.450. The number of sulfonamides is 1. The summed E-state index contributed by atoms with van der Waals surface area (Å²) >= 11 is 12.1. The molecule has 0 radical (unpaired) electrons. The largest absolute Gasteiger partial charge is 0.310 e. The Bertz CT molecular complexity index is 1240. The van der Waals surface area contributed by atoms with Crippen LogP contribution in [-0.4, -0.2) is 35.1 Å². The molecule has 1 aliphatic heterocycles. The molecule has 0 unspecified atom stereocenters. The molecule has 7 nitrogen and oxygen atoms in total. The number of hydrogen-bond acceptors (Lipinski definition) is 5. The zero-order valence-electron chi connectivity index (χ0n) is 19.3. The second-order valence-corrected chi connectivity index (χ2v) is 13.8. The molecule has 4 saturated carbocycles. The van der Waals surface area contributed by atoms with Crippen molar-refractivity contribution in [2.45, 2.75) is 57.2 Å². The van der Waals surface area contributed by atoms with Gasteiger partial charge in [-0.15, -0.1) is 0 Å². The van der Waals surface area contributed by atoms with Gasteiger partial charge in [-0.3, -0.25) is 4.79 Å². The lowest BCUT2D eigenvalue weighted by Crippen LogP contribution is -2.52. The molecule has 10 heteroatoms. The van der Waals surface area contributed by atoms with Crippen molar-refractivity contribution in [3.05, 3.63) is 51.4 Å². The number of fused-ring (bicyclic) bond motifs is 1. The number of nitrogens with zero attached hydrogens (tertiary/aromatic N) is 3. The molecule has 1 aromatic carbocycles. The molecule has 35 heavy (non-hydrogen) atoms. The van der Waals surface area contributed by atoms with E-state index in [1.807, 2.05) is 0 Å². The first kappa shape index (κ1) is 23.6. The fourth-order valence-electron chi connectivity index (χ4n) is 7.30. The minimum absolute atomic E-state index is 0.0883. The van der Waals surface area contributed by atoms with Crippen LogP contribution in [0.4, 0.5) is 5.82 Å². The highest BCUT2D eigenvalue weighted by atomic mass is 35.5. The Kier molecular flexibility index (Phi) is 5.87. The minimum Gasteiger partial charge on any atom is -0.310 e. The number of halogens is 2. The summed E-state index contributed by atoms with van der Waals surface area (Å²) in [5, 5.41) is 3.95. The average molecular weight is 535 g/mol. The standard InChI is InChI=1S/C25H28Cl2N4O3S/c26-19-6-18(7-20(27)8-19)13-35(33,34)31-2-1-21-22(12-31)28-14-29-23(21)30-24(32)25-9-15-3-16(10-25)5-17(4-15)11-25/h6-8,14-17H,1-5,9-13H2,(H,28,29,30,32). The van der Waals surface area contributed by atoms with Crippen LogP contribution in [0.25, 0.3) is 0 Å². The summed E-state index contributed by atoms with van der Waals surface area (Å²) in [7, 11) is -3.61. The number of hydrogen-bond donors (Lipinski definition) is 1. The van der Waals surface area contributed by atoms with E-state index in [4.69, 9.17) is 23.2 Å². The Morgan fingerprint density at radius 2 is 1.66 bits per heavy atom. The van der Waals surface area contributed by atoms with Gasteiger partial charge < -0.3 is 5.32 Å². The summed E-state index contributed by atoms with van der Waals surface area (Å²) < 4.78 is 27.7. The van der Waals surface area contributed by atoms with E-state index in [1.165, 1.54) is 29.9 Å². The van der Waals surface area contributed by atoms with Crippen molar-refractivity contribution in [1.82, 2.24) is 14.3 Å². The second-order valence-electron chi connectivity index (χ2n) is 10.9. The molecule has 2 heterocycles. The molecule has 1 aromatic heterocycles. The van der Waals surface area contributed by atoms with E-state index in [-0.39, 0.29) is 23.6 Å². The first-order valence-electron chi connectivity index (χ1n) is 12.3. The van der Waals surface area contributed by atoms with Crippen molar-refractivity contribution in [3.63, 3.8) is 0 Å². The highest BCUT2D eigenvalue weighted by Gasteiger charge is 2.54. The molecule has 2 aromatic rings. The zero-order valence-corrected chi connectivity index (χ0v) is 21.7. The normalized spacial score (nSPS) is 29.7. The van der Waals surface area contributed by atoms with Gasteiger partial charge in [0, 0.05) is 22.2 Å². The van der Waals surface area contributed by atoms with Crippen LogP contribution in [0, 0.1) is 23.2 Å². The predicted molar refractivity (Wildman–Crippen MR) is 134 cm³/mol. The Morgan fingerprint density at radius 1 is 1.03 bits per heavy atom. The molecular formula is C25H28Cl2N4O3S. The van der Waals surface area contributed by atoms with Gasteiger partial charge in [0.2, 0.25) is 15.9 Å². The third-order valence-corrected chi connectivity index (χ3v) is 10.6. The second kappa shape index (κ2) is 8.68. The van der Waals surface area contributed by atoms with Crippen LogP contribution in [0.2, 0.25) is 10.0 Å². The topological polar surface area (TPSA) is 92.3 Å². The van der Waals surface area contributed by atoms with E-state index in [1.54, 1.807) is 18.2 Å². The number of anilines is 1. The van der Waals surface area contributed by atoms with Crippen LogP contribution in [0.5, 0.6) is 0 Å². The Balaban J connectivity index is 1.19. The van der Waals surface area contributed by atoms with E-state index in [0.717, 1.165) is 24.8 Å². The molecule has 4 aliphatic carbocycles. The fourth-order valence-corrected chi connectivity index (χ4v) is 9.33. The quantitative estimate of drug-likeness (QED) is 0.593. The van der Waals surface area contributed by atoms with Gasteiger partial charge in [-0.2, -0.15) is 4.31 Å². The van der Waals surface area contributed by atoms with Gasteiger partial charge >= 0.3 is 0 Å². The highest BCUT2D eigenvalue weighted by Crippen LogP contribution is 2.60. The molecular weight excluding hydrogens is 507 g/mol. The van der Waals surface area contributed by atoms with Gasteiger partial charge in [0.25, 0.3) is 0 Å². The molecule has 4 fully saturated rings. The maximum atomic E-state index is 13.5. The third kappa shape index (κ3) is 4.47. The van der Waals surface area contributed by atoms with Crippen LogP contribution < -0.4 is 5.32 Å². The summed E-state index contributed by atoms with van der Waals surface area (Å²) in [5.41, 5.74) is 1.75. The number of aromatic nitrogens is 2. The number of nitrogens with one attached hydrogen (secondary N) is 1. The smallest absolute Gasteiger partial charge is 0.231 e. The first-order chi connectivity index (χ1) is 16.7. The summed E-state index contributed by atoms with van der Waals surface area (Å²) in [6, 6.07) is 4.80. The van der Waals surface area contributed by atoms with Crippen molar-refractivity contribution in [2.24, 2.45) is 23.2 Å². The molecule has 186 valence electrons. The monoisotopic (exact) mass is 534 g/mol. The molecule has 0 spiro atoms. The van der Waals surface area contributed by atoms with Gasteiger partial charge in [-0.1, -0.05) is 23.2 Å². The number of carbonyl (C=O) groups excluding carboxylic acids is 1. The Labute approximate surface area is 215 Å². The molecule has 1 amide bonds. The number of amides is 1. The lowest BCUT2D eigenvalue weighted by molar-refractivity contribution is -0.140. The number of rotatable bonds is 5. The summed E-state index contributed by atoms with van der Waals surface area (Å²) in [4.78, 5) is 22.3. The summed E-state index contributed by atoms with van der Waals surface area (Å²) in [5.74, 6) is 2.47. The minimum atomic E-state index is -3.61. The van der Waals surface area contributed by atoms with Crippen molar-refractivity contribution < 1.29 is 13.2 Å². The summed E-state index contributed by atoms with van der Waals surface area (Å²) in [6.07, 6.45) is 8.65. The Morgan fingerprint density at radius 3 is 2.29 bits per heavy atom. The highest BCUT2D eigenvalue weighted by molar-refractivity contribution is 7.88. The van der Waals surface area contributed by atoms with Gasteiger partial charge in [-0.25, -0.2) is 18.4 Å². The molecule has 0 saturated heterocycles. The van der Waals surface area contributed by atoms with Crippen molar-refractivity contribution in [2.75, 3.05) is 11.9 Å². The zero-order chi connectivity index (χ0) is 24.4. The van der Waals surface area contributed by atoms with Crippen LogP contribution in [0.15, 0.2) is 24.5 Å². The van der Waals surface area contributed by atoms with Crippen LogP contribution in [0.3, 0.4) is 0 Å². The number of carbonyl (C=O) groups is 1. The van der Waals surface area contributed by atoms with E-state index in [2.05, 4.69) is 15.3 Å². The molecule has 1 N–H and O–H groups in total. The lowest BCUT2D eigenvalue weighted by Gasteiger charge is -2.55. The van der Waals surface area contributed by atoms with E-state index in [0.29, 0.717) is 57.8 Å². The molecule has 7 rings (SSSR count). The van der Waals surface area contributed by atoms with E-state index < -0.39 is 10.0 Å². The average Bonchev–Trinajstić information content (AvgIpc) is 2.77. The van der Waals surface area contributed by atoms with Gasteiger partial charge in [0.15, 0.2) is 0 Å².